The van der Waals surface area contributed by atoms with Gasteiger partial charge < -0.3 is 9.32 Å². The van der Waals surface area contributed by atoms with Crippen molar-refractivity contribution >= 4 is 17.3 Å². The topological polar surface area (TPSA) is 80.7 Å². The van der Waals surface area contributed by atoms with Crippen LogP contribution in [0.15, 0.2) is 35.5 Å². The van der Waals surface area contributed by atoms with Gasteiger partial charge in [-0.1, -0.05) is 0 Å². The summed E-state index contributed by atoms with van der Waals surface area (Å²) >= 11 is 0. The number of aromatic nitrogens is 3. The minimum Gasteiger partial charge on any atom is -0.443 e. The number of hydrogen-bond acceptors (Lipinski definition) is 5. The van der Waals surface area contributed by atoms with E-state index >= 15 is 0 Å². The van der Waals surface area contributed by atoms with Crippen molar-refractivity contribution in [2.75, 3.05) is 13.1 Å². The summed E-state index contributed by atoms with van der Waals surface area (Å²) in [5.41, 5.74) is -0.722. The molecule has 27 heavy (non-hydrogen) atoms. The number of alkyl halides is 3. The van der Waals surface area contributed by atoms with Crippen molar-refractivity contribution < 1.29 is 27.2 Å². The van der Waals surface area contributed by atoms with Gasteiger partial charge in [-0.25, -0.2) is 9.97 Å². The lowest BCUT2D eigenvalue weighted by Crippen LogP contribution is -2.39. The minimum atomic E-state index is -4.62. The van der Waals surface area contributed by atoms with Crippen LogP contribution in [0.4, 0.5) is 13.2 Å². The second-order valence-corrected chi connectivity index (χ2v) is 6.17. The van der Waals surface area contributed by atoms with Gasteiger partial charge in [0.15, 0.2) is 12.2 Å². The van der Waals surface area contributed by atoms with Crippen molar-refractivity contribution in [3.8, 4) is 11.3 Å². The van der Waals surface area contributed by atoms with Crippen LogP contribution in [-0.4, -0.2) is 44.0 Å². The molecule has 1 amide bonds. The lowest BCUT2D eigenvalue weighted by atomic mass is 10.1. The third-order valence-corrected chi connectivity index (χ3v) is 4.46. The molecule has 0 radical (unpaired) electrons. The van der Waals surface area contributed by atoms with Crippen molar-refractivity contribution in [2.24, 2.45) is 0 Å². The average Bonchev–Trinajstić information content (AvgIpc) is 3.30. The number of likely N-dealkylation sites (tertiary alicyclic amines) is 1. The Kier molecular flexibility index (Phi) is 3.97. The van der Waals surface area contributed by atoms with Crippen molar-refractivity contribution in [3.05, 3.63) is 42.3 Å². The van der Waals surface area contributed by atoms with Crippen molar-refractivity contribution in [2.45, 2.75) is 19.0 Å². The number of pyridine rings is 1. The molecule has 3 aromatic heterocycles. The molecule has 1 aliphatic heterocycles. The van der Waals surface area contributed by atoms with Gasteiger partial charge in [0.05, 0.1) is 23.5 Å². The van der Waals surface area contributed by atoms with Gasteiger partial charge in [-0.05, 0) is 6.07 Å². The molecule has 0 atom stereocenters. The summed E-state index contributed by atoms with van der Waals surface area (Å²) < 4.78 is 46.3. The summed E-state index contributed by atoms with van der Waals surface area (Å²) in [6.45, 7) is 0.470. The van der Waals surface area contributed by atoms with Crippen LogP contribution in [-0.2, 0) is 11.0 Å². The highest BCUT2D eigenvalue weighted by atomic mass is 19.4. The Morgan fingerprint density at radius 2 is 1.93 bits per heavy atom. The second kappa shape index (κ2) is 6.22. The number of halogens is 3. The summed E-state index contributed by atoms with van der Waals surface area (Å²) in [5.74, 6) is -0.304. The molecule has 0 aromatic carbocycles. The number of amides is 1. The van der Waals surface area contributed by atoms with Crippen molar-refractivity contribution in [1.29, 1.82) is 0 Å². The maximum atomic E-state index is 13.4. The number of carbonyl (C=O) groups is 2. The number of rotatable bonds is 2. The Hall–Kier alpha value is -3.17. The van der Waals surface area contributed by atoms with E-state index in [1.165, 1.54) is 17.3 Å². The largest absolute Gasteiger partial charge is 0.443 e. The van der Waals surface area contributed by atoms with Crippen molar-refractivity contribution in [1.82, 2.24) is 19.3 Å². The molecule has 3 aromatic rings. The zero-order chi connectivity index (χ0) is 19.2. The molecular formula is C17H13F3N4O3. The average molecular weight is 378 g/mol. The number of hydrogen-bond donors (Lipinski definition) is 0. The van der Waals surface area contributed by atoms with E-state index in [1.807, 2.05) is 0 Å². The Balaban J connectivity index is 1.84. The first kappa shape index (κ1) is 17.3. The molecule has 0 aliphatic carbocycles. The molecule has 7 nitrogen and oxygen atoms in total. The number of carbonyl (C=O) groups excluding carboxylic acids is 2. The van der Waals surface area contributed by atoms with Gasteiger partial charge in [-0.3, -0.25) is 14.0 Å². The normalized spacial score (nSPS) is 15.5. The first-order valence-corrected chi connectivity index (χ1v) is 8.13. The van der Waals surface area contributed by atoms with Crippen LogP contribution in [0.2, 0.25) is 0 Å². The number of nitrogens with zero attached hydrogens (tertiary/aromatic N) is 4. The first-order chi connectivity index (χ1) is 12.8. The van der Waals surface area contributed by atoms with Crippen molar-refractivity contribution in [3.63, 3.8) is 0 Å². The van der Waals surface area contributed by atoms with E-state index in [0.717, 1.165) is 23.1 Å². The molecule has 0 spiro atoms. The molecule has 0 N–H and O–H groups in total. The molecule has 1 aliphatic rings. The molecule has 4 heterocycles. The molecule has 140 valence electrons. The number of piperidine rings is 1. The van der Waals surface area contributed by atoms with E-state index in [9.17, 15) is 22.8 Å². The second-order valence-electron chi connectivity index (χ2n) is 6.17. The van der Waals surface area contributed by atoms with E-state index in [2.05, 4.69) is 9.97 Å². The van der Waals surface area contributed by atoms with Gasteiger partial charge in [-0.15, -0.1) is 0 Å². The highest BCUT2D eigenvalue weighted by Crippen LogP contribution is 2.34. The van der Waals surface area contributed by atoms with Crippen LogP contribution in [0.5, 0.6) is 0 Å². The summed E-state index contributed by atoms with van der Waals surface area (Å²) in [5, 5.41) is 0. The Bertz CT molecular complexity index is 1010. The van der Waals surface area contributed by atoms with E-state index in [-0.39, 0.29) is 54.4 Å². The fourth-order valence-corrected chi connectivity index (χ4v) is 3.05. The SMILES string of the molecule is O=C1CCN(C(=O)c2cnc3c(-c4cnco4)cc(C(F)(F)F)cn23)CC1. The van der Waals surface area contributed by atoms with Crippen LogP contribution in [0.25, 0.3) is 17.0 Å². The van der Waals surface area contributed by atoms with Gasteiger partial charge in [0.25, 0.3) is 5.91 Å². The van der Waals surface area contributed by atoms with Gasteiger partial charge in [0, 0.05) is 32.1 Å². The smallest absolute Gasteiger partial charge is 0.417 e. The fourth-order valence-electron chi connectivity index (χ4n) is 3.05. The maximum Gasteiger partial charge on any atom is 0.417 e. The summed E-state index contributed by atoms with van der Waals surface area (Å²) in [6, 6.07) is 0.913. The molecule has 0 unspecified atom stereocenters. The number of fused-ring (bicyclic) bond motifs is 1. The number of Topliss-reactive ketones (excluding diaryl/α,β-unsaturated/α-hetero) is 1. The molecular weight excluding hydrogens is 365 g/mol. The highest BCUT2D eigenvalue weighted by Gasteiger charge is 2.33. The van der Waals surface area contributed by atoms with Crippen LogP contribution < -0.4 is 0 Å². The van der Waals surface area contributed by atoms with Gasteiger partial charge in [-0.2, -0.15) is 13.2 Å². The summed E-state index contributed by atoms with van der Waals surface area (Å²) in [6.07, 6.45) is 0.302. The van der Waals surface area contributed by atoms with Gasteiger partial charge in [0.1, 0.15) is 17.1 Å². The number of oxazole rings is 1. The van der Waals surface area contributed by atoms with Crippen LogP contribution in [0.1, 0.15) is 28.9 Å². The molecule has 0 saturated carbocycles. The Labute approximate surface area is 150 Å². The zero-order valence-electron chi connectivity index (χ0n) is 13.9. The third-order valence-electron chi connectivity index (χ3n) is 4.46. The predicted molar refractivity (Wildman–Crippen MR) is 85.8 cm³/mol. The first-order valence-electron chi connectivity index (χ1n) is 8.13. The number of imidazole rings is 1. The quantitative estimate of drug-likeness (QED) is 0.685. The molecule has 1 saturated heterocycles. The number of ketones is 1. The van der Waals surface area contributed by atoms with Gasteiger partial charge >= 0.3 is 6.18 Å². The molecule has 1 fully saturated rings. The lowest BCUT2D eigenvalue weighted by molar-refractivity contribution is -0.137. The maximum absolute atomic E-state index is 13.4. The monoisotopic (exact) mass is 378 g/mol. The Morgan fingerprint density at radius 1 is 1.19 bits per heavy atom. The minimum absolute atomic E-state index is 0.00813. The molecule has 4 rings (SSSR count). The van der Waals surface area contributed by atoms with E-state index in [1.54, 1.807) is 0 Å². The third kappa shape index (κ3) is 3.07. The molecule has 0 bridgehead atoms. The zero-order valence-corrected chi connectivity index (χ0v) is 13.9. The van der Waals surface area contributed by atoms with Crippen LogP contribution >= 0.6 is 0 Å². The Morgan fingerprint density at radius 3 is 2.56 bits per heavy atom. The van der Waals surface area contributed by atoms with Crippen LogP contribution in [0.3, 0.4) is 0 Å². The summed E-state index contributed by atoms with van der Waals surface area (Å²) in [4.78, 5) is 33.4. The van der Waals surface area contributed by atoms with E-state index in [0.29, 0.717) is 0 Å². The molecule has 10 heteroatoms. The predicted octanol–water partition coefficient (Wildman–Crippen LogP) is 2.81. The fraction of sp³-hybridized carbons (Fsp3) is 0.294. The highest BCUT2D eigenvalue weighted by molar-refractivity contribution is 5.95. The lowest BCUT2D eigenvalue weighted by Gasteiger charge is -2.25. The van der Waals surface area contributed by atoms with Crippen LogP contribution in [0, 0.1) is 0 Å². The standard InChI is InChI=1S/C17H13F3N4O3/c18-17(19,20)10-5-12(14-7-21-9-27-14)15-22-6-13(24(15)8-10)16(26)23-3-1-11(25)2-4-23/h5-9H,1-4H2. The van der Waals surface area contributed by atoms with E-state index < -0.39 is 17.6 Å². The summed E-state index contributed by atoms with van der Waals surface area (Å²) in [7, 11) is 0. The van der Waals surface area contributed by atoms with Gasteiger partial charge in [0.2, 0.25) is 0 Å². The van der Waals surface area contributed by atoms with E-state index in [4.69, 9.17) is 4.42 Å².